The maximum atomic E-state index is 8.17. The van der Waals surface area contributed by atoms with E-state index >= 15 is 0 Å². The van der Waals surface area contributed by atoms with Crippen molar-refractivity contribution >= 4 is 41.5 Å². The molecule has 0 fully saturated rings. The zero-order valence-corrected chi connectivity index (χ0v) is 9.69. The third kappa shape index (κ3) is 5.06. The summed E-state index contributed by atoms with van der Waals surface area (Å²) in [5, 5.41) is 8.17. The van der Waals surface area contributed by atoms with Crippen molar-refractivity contribution in [2.24, 2.45) is 0 Å². The van der Waals surface area contributed by atoms with Crippen LogP contribution < -0.4 is 0 Å². The zero-order valence-electron chi connectivity index (χ0n) is 5.82. The molecule has 0 heterocycles. The molecule has 11 heavy (non-hydrogen) atoms. The molecule has 0 aromatic heterocycles. The Morgan fingerprint density at radius 2 is 2.36 bits per heavy atom. The SMILES string of the molecule is COP(=S)(OI)OCCC#N. The molecule has 0 radical (unpaired) electrons. The molecule has 1 atom stereocenters. The van der Waals surface area contributed by atoms with Crippen molar-refractivity contribution < 1.29 is 11.9 Å². The summed E-state index contributed by atoms with van der Waals surface area (Å²) >= 11 is 6.48. The van der Waals surface area contributed by atoms with Gasteiger partial charge >= 0.3 is 6.72 Å². The number of rotatable bonds is 5. The van der Waals surface area contributed by atoms with E-state index < -0.39 is 6.72 Å². The van der Waals surface area contributed by atoms with E-state index in [1.807, 2.05) is 6.07 Å². The molecule has 0 spiro atoms. The lowest BCUT2D eigenvalue weighted by molar-refractivity contribution is 0.251. The Labute approximate surface area is 84.8 Å². The van der Waals surface area contributed by atoms with Crippen molar-refractivity contribution in [1.29, 1.82) is 5.26 Å². The molecule has 0 aliphatic rings. The molecule has 0 saturated carbocycles. The van der Waals surface area contributed by atoms with Crippen molar-refractivity contribution in [2.75, 3.05) is 13.7 Å². The molecule has 0 aliphatic heterocycles. The van der Waals surface area contributed by atoms with E-state index in [1.54, 1.807) is 23.0 Å². The van der Waals surface area contributed by atoms with Gasteiger partial charge in [-0.3, -0.25) is 0 Å². The first-order valence-corrected chi connectivity index (χ1v) is 6.10. The van der Waals surface area contributed by atoms with Crippen LogP contribution in [0.4, 0.5) is 0 Å². The Morgan fingerprint density at radius 3 is 2.73 bits per heavy atom. The molecule has 0 bridgehead atoms. The van der Waals surface area contributed by atoms with Gasteiger partial charge in [-0.2, -0.15) is 5.26 Å². The fourth-order valence-corrected chi connectivity index (χ4v) is 1.87. The van der Waals surface area contributed by atoms with Gasteiger partial charge in [-0.1, -0.05) is 0 Å². The topological polar surface area (TPSA) is 51.5 Å². The van der Waals surface area contributed by atoms with Crippen LogP contribution in [0.15, 0.2) is 0 Å². The molecule has 4 nitrogen and oxygen atoms in total. The minimum atomic E-state index is -2.54. The van der Waals surface area contributed by atoms with E-state index in [2.05, 4.69) is 0 Å². The first-order valence-electron chi connectivity index (χ1n) is 2.66. The Morgan fingerprint density at radius 1 is 1.73 bits per heavy atom. The van der Waals surface area contributed by atoms with Gasteiger partial charge in [0.15, 0.2) is 0 Å². The molecule has 64 valence electrons. The second-order valence-electron chi connectivity index (χ2n) is 1.44. The predicted octanol–water partition coefficient (Wildman–Crippen LogP) is 2.15. The number of nitriles is 1. The first kappa shape index (κ1) is 11.8. The Bertz CT molecular complexity index is 186. The van der Waals surface area contributed by atoms with Crippen LogP contribution in [0.25, 0.3) is 0 Å². The van der Waals surface area contributed by atoms with Crippen molar-refractivity contribution in [3.63, 3.8) is 0 Å². The first-order chi connectivity index (χ1) is 5.18. The molecule has 0 amide bonds. The highest BCUT2D eigenvalue weighted by Crippen LogP contribution is 2.50. The van der Waals surface area contributed by atoms with Crippen LogP contribution in [0.5, 0.6) is 0 Å². The lowest BCUT2D eigenvalue weighted by Gasteiger charge is -2.14. The Hall–Kier alpha value is 0.750. The van der Waals surface area contributed by atoms with Crippen LogP contribution >= 0.6 is 29.7 Å². The van der Waals surface area contributed by atoms with Crippen LogP contribution in [0.1, 0.15) is 6.42 Å². The summed E-state index contributed by atoms with van der Waals surface area (Å²) in [6, 6.07) is 1.92. The van der Waals surface area contributed by atoms with Crippen LogP contribution in [0.2, 0.25) is 0 Å². The van der Waals surface area contributed by atoms with Gasteiger partial charge in [0.25, 0.3) is 0 Å². The van der Waals surface area contributed by atoms with Crippen molar-refractivity contribution in [2.45, 2.75) is 6.42 Å². The van der Waals surface area contributed by atoms with Gasteiger partial charge in [0.1, 0.15) is 23.0 Å². The van der Waals surface area contributed by atoms with Gasteiger partial charge in [-0.15, -0.1) is 0 Å². The maximum Gasteiger partial charge on any atom is 0.336 e. The third-order valence-corrected chi connectivity index (χ3v) is 5.23. The van der Waals surface area contributed by atoms with Gasteiger partial charge in [0.05, 0.1) is 19.1 Å². The molecule has 0 rings (SSSR count). The number of hydrogen-bond acceptors (Lipinski definition) is 5. The van der Waals surface area contributed by atoms with Crippen molar-refractivity contribution in [3.8, 4) is 6.07 Å². The Balaban J connectivity index is 3.72. The zero-order chi connectivity index (χ0) is 8.74. The summed E-state index contributed by atoms with van der Waals surface area (Å²) in [5.74, 6) is 0. The summed E-state index contributed by atoms with van der Waals surface area (Å²) in [4.78, 5) is 0. The summed E-state index contributed by atoms with van der Waals surface area (Å²) in [7, 11) is 1.42. The fourth-order valence-electron chi connectivity index (χ4n) is 0.304. The van der Waals surface area contributed by atoms with E-state index in [-0.39, 0.29) is 6.61 Å². The lowest BCUT2D eigenvalue weighted by Crippen LogP contribution is -1.93. The highest BCUT2D eigenvalue weighted by Gasteiger charge is 2.16. The fraction of sp³-hybridized carbons (Fsp3) is 0.750. The van der Waals surface area contributed by atoms with Gasteiger partial charge in [0, 0.05) is 7.11 Å². The lowest BCUT2D eigenvalue weighted by atomic mass is 10.5. The van der Waals surface area contributed by atoms with E-state index in [0.717, 1.165) is 0 Å². The van der Waals surface area contributed by atoms with Gasteiger partial charge in [-0.25, -0.2) is 2.85 Å². The van der Waals surface area contributed by atoms with E-state index in [4.69, 9.17) is 29.0 Å². The van der Waals surface area contributed by atoms with Gasteiger partial charge < -0.3 is 9.05 Å². The quantitative estimate of drug-likeness (QED) is 0.442. The van der Waals surface area contributed by atoms with Crippen LogP contribution in [0.3, 0.4) is 0 Å². The maximum absolute atomic E-state index is 8.17. The summed E-state index contributed by atoms with van der Waals surface area (Å²) in [5.41, 5.74) is 0. The van der Waals surface area contributed by atoms with E-state index in [0.29, 0.717) is 6.42 Å². The molecule has 0 aliphatic carbocycles. The monoisotopic (exact) mass is 307 g/mol. The van der Waals surface area contributed by atoms with E-state index in [9.17, 15) is 0 Å². The van der Waals surface area contributed by atoms with Crippen LogP contribution in [-0.2, 0) is 23.7 Å². The number of halogens is 1. The predicted molar refractivity (Wildman–Crippen MR) is 52.6 cm³/mol. The Kier molecular flexibility index (Phi) is 6.71. The highest BCUT2D eigenvalue weighted by atomic mass is 127. The highest BCUT2D eigenvalue weighted by molar-refractivity contribution is 14.1. The summed E-state index contributed by atoms with van der Waals surface area (Å²) in [6.07, 6.45) is 0.293. The number of nitrogens with zero attached hydrogens (tertiary/aromatic N) is 1. The molecule has 0 aromatic carbocycles. The van der Waals surface area contributed by atoms with Crippen LogP contribution in [-0.4, -0.2) is 13.7 Å². The van der Waals surface area contributed by atoms with E-state index in [1.165, 1.54) is 7.11 Å². The third-order valence-electron chi connectivity index (χ3n) is 0.771. The second kappa shape index (κ2) is 6.29. The average Bonchev–Trinajstić information content (AvgIpc) is 2.05. The molecule has 7 heteroatoms. The minimum absolute atomic E-state index is 0.255. The average molecular weight is 307 g/mol. The molecule has 1 unspecified atom stereocenters. The summed E-state index contributed by atoms with van der Waals surface area (Å²) < 4.78 is 14.6. The molecular weight excluding hydrogens is 300 g/mol. The molecule has 0 saturated heterocycles. The standard InChI is InChI=1S/C4H7INO3PS/c1-7-10(11,9-5)8-4-2-3-6/h2,4H2,1H3. The minimum Gasteiger partial charge on any atom is -0.312 e. The largest absolute Gasteiger partial charge is 0.336 e. The van der Waals surface area contributed by atoms with Crippen molar-refractivity contribution in [3.05, 3.63) is 0 Å². The van der Waals surface area contributed by atoms with Crippen LogP contribution in [0, 0.1) is 11.3 Å². The van der Waals surface area contributed by atoms with Gasteiger partial charge in [-0.05, 0) is 11.8 Å². The molecule has 0 aromatic rings. The normalized spacial score (nSPS) is 15.4. The molecule has 0 N–H and O–H groups in total. The number of hydrogen-bond donors (Lipinski definition) is 0. The van der Waals surface area contributed by atoms with Gasteiger partial charge in [0.2, 0.25) is 0 Å². The second-order valence-corrected chi connectivity index (χ2v) is 5.62. The van der Waals surface area contributed by atoms with Crippen molar-refractivity contribution in [1.82, 2.24) is 0 Å². The smallest absolute Gasteiger partial charge is 0.312 e. The summed E-state index contributed by atoms with van der Waals surface area (Å²) in [6.45, 7) is -2.29. The molecular formula is C4H7INO3PS.